The highest BCUT2D eigenvalue weighted by molar-refractivity contribution is 5.41. The molecule has 1 N–H and O–H groups in total. The number of phenolic OH excluding ortho intramolecular Hbond substituents is 1. The number of ether oxygens (including phenoxy) is 1. The Labute approximate surface area is 153 Å². The maximum absolute atomic E-state index is 9.91. The molecular formula is C21H24N2O3. The maximum atomic E-state index is 9.91. The molecule has 0 unspecified atom stereocenters. The number of rotatable bonds is 8. The van der Waals surface area contributed by atoms with E-state index in [0.29, 0.717) is 32.0 Å². The lowest BCUT2D eigenvalue weighted by Gasteiger charge is -2.21. The molecule has 0 amide bonds. The lowest BCUT2D eigenvalue weighted by Crippen LogP contribution is -2.22. The smallest absolute Gasteiger partial charge is 0.161 e. The van der Waals surface area contributed by atoms with E-state index in [2.05, 4.69) is 9.88 Å². The first-order valence-electron chi connectivity index (χ1n) is 8.76. The Kier molecular flexibility index (Phi) is 5.92. The van der Waals surface area contributed by atoms with Gasteiger partial charge in [0.05, 0.1) is 18.8 Å². The second-order valence-corrected chi connectivity index (χ2v) is 6.21. The van der Waals surface area contributed by atoms with Gasteiger partial charge in [0.1, 0.15) is 11.5 Å². The highest BCUT2D eigenvalue weighted by Crippen LogP contribution is 2.28. The molecule has 0 saturated carbocycles. The molecule has 0 aliphatic carbocycles. The number of phenols is 1. The van der Waals surface area contributed by atoms with Crippen LogP contribution in [-0.4, -0.2) is 21.6 Å². The van der Waals surface area contributed by atoms with Crippen molar-refractivity contribution >= 4 is 0 Å². The fourth-order valence-electron chi connectivity index (χ4n) is 2.87. The first-order chi connectivity index (χ1) is 12.6. The van der Waals surface area contributed by atoms with E-state index < -0.39 is 0 Å². The normalized spacial score (nSPS) is 11.0. The predicted octanol–water partition coefficient (Wildman–Crippen LogP) is 4.29. The number of hydrogen-bond donors (Lipinski definition) is 1. The van der Waals surface area contributed by atoms with Crippen LogP contribution in [0.15, 0.2) is 59.1 Å². The van der Waals surface area contributed by atoms with Crippen LogP contribution in [0.5, 0.6) is 11.5 Å². The molecule has 26 heavy (non-hydrogen) atoms. The van der Waals surface area contributed by atoms with Gasteiger partial charge < -0.3 is 14.3 Å². The van der Waals surface area contributed by atoms with Gasteiger partial charge in [0.15, 0.2) is 11.5 Å². The zero-order valence-electron chi connectivity index (χ0n) is 15.2. The highest BCUT2D eigenvalue weighted by atomic mass is 16.5. The van der Waals surface area contributed by atoms with Gasteiger partial charge in [0, 0.05) is 19.3 Å². The quantitative estimate of drug-likeness (QED) is 0.655. The molecule has 0 aliphatic heterocycles. The van der Waals surface area contributed by atoms with Gasteiger partial charge in [-0.2, -0.15) is 0 Å². The molecule has 0 spiro atoms. The molecule has 3 aromatic rings. The largest absolute Gasteiger partial charge is 0.504 e. The van der Waals surface area contributed by atoms with Crippen LogP contribution in [0.2, 0.25) is 0 Å². The van der Waals surface area contributed by atoms with Gasteiger partial charge in [-0.25, -0.2) is 0 Å². The summed E-state index contributed by atoms with van der Waals surface area (Å²) in [7, 11) is 0. The SMILES string of the molecule is CCOc1cc(CN(Cc2ccccn2)Cc2ccc(C)o2)ccc1O. The third-order valence-electron chi connectivity index (χ3n) is 4.02. The van der Waals surface area contributed by atoms with Crippen LogP contribution in [0.4, 0.5) is 0 Å². The Hall–Kier alpha value is -2.79. The molecule has 0 radical (unpaired) electrons. The zero-order chi connectivity index (χ0) is 18.4. The monoisotopic (exact) mass is 352 g/mol. The van der Waals surface area contributed by atoms with Crippen LogP contribution in [0.3, 0.4) is 0 Å². The van der Waals surface area contributed by atoms with Gasteiger partial charge in [-0.15, -0.1) is 0 Å². The lowest BCUT2D eigenvalue weighted by atomic mass is 10.1. The maximum Gasteiger partial charge on any atom is 0.161 e. The number of aromatic nitrogens is 1. The number of nitrogens with zero attached hydrogens (tertiary/aromatic N) is 2. The fraction of sp³-hybridized carbons (Fsp3) is 0.286. The van der Waals surface area contributed by atoms with Gasteiger partial charge in [-0.1, -0.05) is 12.1 Å². The van der Waals surface area contributed by atoms with Gasteiger partial charge in [-0.3, -0.25) is 9.88 Å². The molecule has 5 heteroatoms. The molecule has 136 valence electrons. The summed E-state index contributed by atoms with van der Waals surface area (Å²) in [6.07, 6.45) is 1.80. The van der Waals surface area contributed by atoms with E-state index in [9.17, 15) is 5.11 Å². The Balaban J connectivity index is 1.79. The number of aryl methyl sites for hydroxylation is 1. The van der Waals surface area contributed by atoms with Crippen molar-refractivity contribution in [2.75, 3.05) is 6.61 Å². The summed E-state index contributed by atoms with van der Waals surface area (Å²) < 4.78 is 11.2. The van der Waals surface area contributed by atoms with Crippen molar-refractivity contribution in [3.63, 3.8) is 0 Å². The average Bonchev–Trinajstić information content (AvgIpc) is 3.04. The van der Waals surface area contributed by atoms with Crippen molar-refractivity contribution < 1.29 is 14.3 Å². The van der Waals surface area contributed by atoms with Gasteiger partial charge in [0.25, 0.3) is 0 Å². The summed E-state index contributed by atoms with van der Waals surface area (Å²) in [5.41, 5.74) is 2.06. The number of hydrogen-bond acceptors (Lipinski definition) is 5. The van der Waals surface area contributed by atoms with Crippen LogP contribution in [-0.2, 0) is 19.6 Å². The van der Waals surface area contributed by atoms with Crippen molar-refractivity contribution in [2.45, 2.75) is 33.5 Å². The average molecular weight is 352 g/mol. The first kappa shape index (κ1) is 18.0. The molecule has 0 bridgehead atoms. The molecular weight excluding hydrogens is 328 g/mol. The molecule has 2 aromatic heterocycles. The fourth-order valence-corrected chi connectivity index (χ4v) is 2.87. The van der Waals surface area contributed by atoms with E-state index in [1.807, 2.05) is 56.3 Å². The van der Waals surface area contributed by atoms with Crippen LogP contribution in [0.25, 0.3) is 0 Å². The van der Waals surface area contributed by atoms with E-state index in [1.54, 1.807) is 12.3 Å². The second kappa shape index (κ2) is 8.54. The Morgan fingerprint density at radius 3 is 2.65 bits per heavy atom. The van der Waals surface area contributed by atoms with Crippen LogP contribution >= 0.6 is 0 Å². The van der Waals surface area contributed by atoms with E-state index >= 15 is 0 Å². The summed E-state index contributed by atoms with van der Waals surface area (Å²) in [4.78, 5) is 6.68. The summed E-state index contributed by atoms with van der Waals surface area (Å²) in [6.45, 7) is 6.43. The topological polar surface area (TPSA) is 58.7 Å². The molecule has 3 rings (SSSR count). The van der Waals surface area contributed by atoms with E-state index in [0.717, 1.165) is 22.8 Å². The minimum absolute atomic E-state index is 0.161. The molecule has 5 nitrogen and oxygen atoms in total. The summed E-state index contributed by atoms with van der Waals surface area (Å²) >= 11 is 0. The van der Waals surface area contributed by atoms with Crippen molar-refractivity contribution in [3.8, 4) is 11.5 Å². The summed E-state index contributed by atoms with van der Waals surface area (Å²) in [6, 6.07) is 15.4. The third kappa shape index (κ3) is 4.86. The van der Waals surface area contributed by atoms with Crippen LogP contribution < -0.4 is 4.74 Å². The van der Waals surface area contributed by atoms with E-state index in [1.165, 1.54) is 0 Å². The Morgan fingerprint density at radius 1 is 1.08 bits per heavy atom. The van der Waals surface area contributed by atoms with Crippen molar-refractivity contribution in [3.05, 3.63) is 77.5 Å². The summed E-state index contributed by atoms with van der Waals surface area (Å²) in [5.74, 6) is 2.49. The molecule has 2 heterocycles. The van der Waals surface area contributed by atoms with E-state index in [4.69, 9.17) is 9.15 Å². The lowest BCUT2D eigenvalue weighted by molar-refractivity contribution is 0.222. The number of benzene rings is 1. The van der Waals surface area contributed by atoms with E-state index in [-0.39, 0.29) is 5.75 Å². The van der Waals surface area contributed by atoms with Gasteiger partial charge in [0.2, 0.25) is 0 Å². The second-order valence-electron chi connectivity index (χ2n) is 6.21. The zero-order valence-corrected chi connectivity index (χ0v) is 15.2. The van der Waals surface area contributed by atoms with Crippen molar-refractivity contribution in [2.24, 2.45) is 0 Å². The minimum atomic E-state index is 0.161. The third-order valence-corrected chi connectivity index (χ3v) is 4.02. The molecule has 0 atom stereocenters. The molecule has 0 aliphatic rings. The Morgan fingerprint density at radius 2 is 1.96 bits per heavy atom. The standard InChI is InChI=1S/C21H24N2O3/c1-3-25-21-12-17(8-10-20(21)24)13-23(14-18-6-4-5-11-22-18)15-19-9-7-16(2)26-19/h4-12,24H,3,13-15H2,1-2H3. The first-order valence-corrected chi connectivity index (χ1v) is 8.76. The van der Waals surface area contributed by atoms with Crippen LogP contribution in [0.1, 0.15) is 29.7 Å². The molecule has 0 fully saturated rings. The van der Waals surface area contributed by atoms with Crippen molar-refractivity contribution in [1.82, 2.24) is 9.88 Å². The highest BCUT2D eigenvalue weighted by Gasteiger charge is 2.13. The van der Waals surface area contributed by atoms with Gasteiger partial charge in [-0.05, 0) is 55.8 Å². The van der Waals surface area contributed by atoms with Crippen molar-refractivity contribution in [1.29, 1.82) is 0 Å². The molecule has 0 saturated heterocycles. The number of aromatic hydroxyl groups is 1. The number of pyridine rings is 1. The molecule has 1 aromatic carbocycles. The Bertz CT molecular complexity index is 830. The predicted molar refractivity (Wildman–Crippen MR) is 99.9 cm³/mol. The minimum Gasteiger partial charge on any atom is -0.504 e. The number of furan rings is 1. The van der Waals surface area contributed by atoms with Gasteiger partial charge >= 0.3 is 0 Å². The summed E-state index contributed by atoms with van der Waals surface area (Å²) in [5, 5.41) is 9.91. The van der Waals surface area contributed by atoms with Crippen LogP contribution in [0, 0.1) is 6.92 Å².